The molecule has 2 rings (SSSR count). The van der Waals surface area contributed by atoms with E-state index in [1.165, 1.54) is 16.7 Å². The monoisotopic (exact) mass is 201 g/mol. The summed E-state index contributed by atoms with van der Waals surface area (Å²) in [5.74, 6) is 0. The summed E-state index contributed by atoms with van der Waals surface area (Å²) in [6.07, 6.45) is 3.36. The van der Waals surface area contributed by atoms with E-state index in [-0.39, 0.29) is 6.04 Å². The molecule has 2 N–H and O–H groups in total. The lowest BCUT2D eigenvalue weighted by molar-refractivity contribution is 0.562. The number of furan rings is 1. The first-order valence-corrected chi connectivity index (χ1v) is 5.04. The first-order chi connectivity index (χ1) is 7.20. The topological polar surface area (TPSA) is 39.2 Å². The Morgan fingerprint density at radius 1 is 1.13 bits per heavy atom. The molecule has 0 aliphatic rings. The number of benzene rings is 1. The summed E-state index contributed by atoms with van der Waals surface area (Å²) in [4.78, 5) is 0. The van der Waals surface area contributed by atoms with Crippen LogP contribution >= 0.6 is 0 Å². The molecule has 0 aliphatic heterocycles. The van der Waals surface area contributed by atoms with E-state index in [2.05, 4.69) is 32.0 Å². The van der Waals surface area contributed by atoms with Gasteiger partial charge in [-0.05, 0) is 36.6 Å². The molecule has 2 aromatic rings. The fraction of sp³-hybridized carbons (Fsp3) is 0.231. The Kier molecular flexibility index (Phi) is 2.60. The third-order valence-corrected chi connectivity index (χ3v) is 2.76. The average molecular weight is 201 g/mol. The van der Waals surface area contributed by atoms with Gasteiger partial charge in [0.25, 0.3) is 0 Å². The number of nitrogens with two attached hydrogens (primary N) is 1. The fourth-order valence-corrected chi connectivity index (χ4v) is 1.94. The highest BCUT2D eigenvalue weighted by Gasteiger charge is 2.14. The van der Waals surface area contributed by atoms with Crippen LogP contribution in [0, 0.1) is 13.8 Å². The van der Waals surface area contributed by atoms with Crippen molar-refractivity contribution in [2.45, 2.75) is 19.9 Å². The smallest absolute Gasteiger partial charge is 0.0953 e. The van der Waals surface area contributed by atoms with Gasteiger partial charge in [-0.2, -0.15) is 0 Å². The first-order valence-electron chi connectivity index (χ1n) is 5.04. The average Bonchev–Trinajstić information content (AvgIpc) is 2.69. The van der Waals surface area contributed by atoms with Crippen molar-refractivity contribution in [2.75, 3.05) is 0 Å². The minimum atomic E-state index is -0.0926. The van der Waals surface area contributed by atoms with E-state index in [1.807, 2.05) is 6.07 Å². The van der Waals surface area contributed by atoms with E-state index in [4.69, 9.17) is 10.2 Å². The second-order valence-electron chi connectivity index (χ2n) is 3.84. The second-order valence-corrected chi connectivity index (χ2v) is 3.84. The van der Waals surface area contributed by atoms with Crippen LogP contribution in [0.1, 0.15) is 28.3 Å². The molecular weight excluding hydrogens is 186 g/mol. The van der Waals surface area contributed by atoms with Crippen LogP contribution in [0.4, 0.5) is 0 Å². The molecule has 0 radical (unpaired) electrons. The van der Waals surface area contributed by atoms with Crippen LogP contribution in [0.15, 0.2) is 41.2 Å². The molecule has 1 unspecified atom stereocenters. The second kappa shape index (κ2) is 3.91. The zero-order chi connectivity index (χ0) is 10.8. The zero-order valence-electron chi connectivity index (χ0n) is 9.03. The summed E-state index contributed by atoms with van der Waals surface area (Å²) in [6, 6.07) is 8.04. The standard InChI is InChI=1S/C13H15NO/c1-9-4-3-5-10(2)12(9)13(14)11-6-7-15-8-11/h3-8,13H,14H2,1-2H3. The lowest BCUT2D eigenvalue weighted by Gasteiger charge is -2.15. The van der Waals surface area contributed by atoms with E-state index >= 15 is 0 Å². The molecule has 15 heavy (non-hydrogen) atoms. The van der Waals surface area contributed by atoms with Crippen LogP contribution in [-0.4, -0.2) is 0 Å². The van der Waals surface area contributed by atoms with Crippen LogP contribution in [-0.2, 0) is 0 Å². The van der Waals surface area contributed by atoms with E-state index < -0.39 is 0 Å². The fourth-order valence-electron chi connectivity index (χ4n) is 1.94. The quantitative estimate of drug-likeness (QED) is 0.811. The molecule has 0 amide bonds. The zero-order valence-corrected chi connectivity index (χ0v) is 9.03. The van der Waals surface area contributed by atoms with Gasteiger partial charge in [-0.1, -0.05) is 18.2 Å². The van der Waals surface area contributed by atoms with Crippen LogP contribution in [0.25, 0.3) is 0 Å². The van der Waals surface area contributed by atoms with Crippen molar-refractivity contribution < 1.29 is 4.42 Å². The van der Waals surface area contributed by atoms with Crippen LogP contribution < -0.4 is 5.73 Å². The molecule has 1 aromatic heterocycles. The van der Waals surface area contributed by atoms with Gasteiger partial charge in [0.1, 0.15) is 0 Å². The molecular formula is C13H15NO. The Hall–Kier alpha value is -1.54. The molecule has 0 fully saturated rings. The third kappa shape index (κ3) is 1.81. The molecule has 2 heteroatoms. The van der Waals surface area contributed by atoms with Gasteiger partial charge in [-0.25, -0.2) is 0 Å². The Balaban J connectivity index is 2.46. The summed E-state index contributed by atoms with van der Waals surface area (Å²) < 4.78 is 5.06. The highest BCUT2D eigenvalue weighted by Crippen LogP contribution is 2.25. The molecule has 1 heterocycles. The molecule has 1 aromatic carbocycles. The van der Waals surface area contributed by atoms with Gasteiger partial charge in [0, 0.05) is 5.56 Å². The maximum Gasteiger partial charge on any atom is 0.0953 e. The van der Waals surface area contributed by atoms with Gasteiger partial charge in [0.2, 0.25) is 0 Å². The normalized spacial score (nSPS) is 12.7. The number of aryl methyl sites for hydroxylation is 2. The molecule has 1 atom stereocenters. The van der Waals surface area contributed by atoms with Gasteiger partial charge in [0.15, 0.2) is 0 Å². The maximum absolute atomic E-state index is 6.20. The lowest BCUT2D eigenvalue weighted by atomic mass is 9.93. The van der Waals surface area contributed by atoms with Gasteiger partial charge in [-0.15, -0.1) is 0 Å². The summed E-state index contributed by atoms with van der Waals surface area (Å²) in [6.45, 7) is 4.17. The minimum Gasteiger partial charge on any atom is -0.472 e. The van der Waals surface area contributed by atoms with E-state index in [0.29, 0.717) is 0 Å². The maximum atomic E-state index is 6.20. The summed E-state index contributed by atoms with van der Waals surface area (Å²) in [5.41, 5.74) is 10.9. The Labute approximate surface area is 89.7 Å². The number of rotatable bonds is 2. The van der Waals surface area contributed by atoms with Crippen LogP contribution in [0.5, 0.6) is 0 Å². The predicted octanol–water partition coefficient (Wildman–Crippen LogP) is 2.94. The van der Waals surface area contributed by atoms with E-state index in [0.717, 1.165) is 5.56 Å². The number of hydrogen-bond donors (Lipinski definition) is 1. The van der Waals surface area contributed by atoms with Crippen molar-refractivity contribution in [1.82, 2.24) is 0 Å². The molecule has 2 nitrogen and oxygen atoms in total. The SMILES string of the molecule is Cc1cccc(C)c1C(N)c1ccoc1. The summed E-state index contributed by atoms with van der Waals surface area (Å²) >= 11 is 0. The van der Waals surface area contributed by atoms with Crippen molar-refractivity contribution in [2.24, 2.45) is 5.73 Å². The Bertz CT molecular complexity index is 425. The van der Waals surface area contributed by atoms with E-state index in [1.54, 1.807) is 12.5 Å². The molecule has 0 saturated carbocycles. The van der Waals surface area contributed by atoms with Crippen molar-refractivity contribution in [1.29, 1.82) is 0 Å². The predicted molar refractivity (Wildman–Crippen MR) is 60.7 cm³/mol. The van der Waals surface area contributed by atoms with Crippen molar-refractivity contribution in [3.63, 3.8) is 0 Å². The van der Waals surface area contributed by atoms with Gasteiger partial charge in [-0.3, -0.25) is 0 Å². The van der Waals surface area contributed by atoms with Crippen LogP contribution in [0.3, 0.4) is 0 Å². The van der Waals surface area contributed by atoms with Crippen molar-refractivity contribution in [3.05, 3.63) is 59.0 Å². The molecule has 0 spiro atoms. The van der Waals surface area contributed by atoms with E-state index in [9.17, 15) is 0 Å². The Morgan fingerprint density at radius 2 is 1.80 bits per heavy atom. The summed E-state index contributed by atoms with van der Waals surface area (Å²) in [7, 11) is 0. The minimum absolute atomic E-state index is 0.0926. The van der Waals surface area contributed by atoms with Gasteiger partial charge in [0.05, 0.1) is 18.6 Å². The molecule has 0 saturated heterocycles. The lowest BCUT2D eigenvalue weighted by Crippen LogP contribution is -2.13. The summed E-state index contributed by atoms with van der Waals surface area (Å²) in [5, 5.41) is 0. The van der Waals surface area contributed by atoms with Gasteiger partial charge < -0.3 is 10.2 Å². The molecule has 0 bridgehead atoms. The highest BCUT2D eigenvalue weighted by atomic mass is 16.3. The molecule has 0 aliphatic carbocycles. The highest BCUT2D eigenvalue weighted by molar-refractivity contribution is 5.40. The van der Waals surface area contributed by atoms with Gasteiger partial charge >= 0.3 is 0 Å². The van der Waals surface area contributed by atoms with Crippen molar-refractivity contribution >= 4 is 0 Å². The molecule has 78 valence electrons. The van der Waals surface area contributed by atoms with Crippen molar-refractivity contribution in [3.8, 4) is 0 Å². The third-order valence-electron chi connectivity index (χ3n) is 2.76. The van der Waals surface area contributed by atoms with Crippen LogP contribution in [0.2, 0.25) is 0 Å². The number of hydrogen-bond acceptors (Lipinski definition) is 2. The Morgan fingerprint density at radius 3 is 2.33 bits per heavy atom. The first kappa shape index (κ1) is 9.99. The largest absolute Gasteiger partial charge is 0.472 e.